The highest BCUT2D eigenvalue weighted by Crippen LogP contribution is 2.27. The van der Waals surface area contributed by atoms with E-state index in [9.17, 15) is 8.42 Å². The van der Waals surface area contributed by atoms with Crippen LogP contribution in [0.15, 0.2) is 52.5 Å². The van der Waals surface area contributed by atoms with Gasteiger partial charge in [0.15, 0.2) is 0 Å². The number of nitrogens with zero attached hydrogens (tertiary/aromatic N) is 7. The molecule has 0 spiro atoms. The molecule has 11 heteroatoms. The summed E-state index contributed by atoms with van der Waals surface area (Å²) >= 11 is 1.49. The van der Waals surface area contributed by atoms with Gasteiger partial charge in [-0.3, -0.25) is 0 Å². The molecular formula is C21H25N7O2S2. The van der Waals surface area contributed by atoms with Crippen LogP contribution in [0.5, 0.6) is 0 Å². The van der Waals surface area contributed by atoms with E-state index in [4.69, 9.17) is 4.98 Å². The van der Waals surface area contributed by atoms with Gasteiger partial charge in [-0.05, 0) is 54.1 Å². The minimum Gasteiger partial charge on any atom is -0.327 e. The van der Waals surface area contributed by atoms with E-state index in [1.54, 1.807) is 16.8 Å². The van der Waals surface area contributed by atoms with Gasteiger partial charge in [0.25, 0.3) is 0 Å². The van der Waals surface area contributed by atoms with Gasteiger partial charge in [0.05, 0.1) is 27.4 Å². The second kappa shape index (κ2) is 9.00. The lowest BCUT2D eigenvalue weighted by atomic mass is 10.2. The smallest absolute Gasteiger partial charge is 0.242 e. The number of thioether (sulfide) groups is 1. The third-order valence-corrected chi connectivity index (χ3v) is 7.80. The average Bonchev–Trinajstić information content (AvgIpc) is 3.37. The van der Waals surface area contributed by atoms with Crippen molar-refractivity contribution in [3.63, 3.8) is 0 Å². The van der Waals surface area contributed by atoms with Crippen LogP contribution in [0.4, 0.5) is 0 Å². The number of rotatable bonds is 8. The number of aryl methyl sites for hydroxylation is 2. The second-order valence-electron chi connectivity index (χ2n) is 7.62. The van der Waals surface area contributed by atoms with Gasteiger partial charge in [-0.1, -0.05) is 36.4 Å². The van der Waals surface area contributed by atoms with Crippen molar-refractivity contribution in [2.75, 3.05) is 14.1 Å². The number of hydrogen-bond donors (Lipinski definition) is 0. The van der Waals surface area contributed by atoms with Gasteiger partial charge in [-0.25, -0.2) is 17.7 Å². The van der Waals surface area contributed by atoms with E-state index in [1.807, 2.05) is 37.3 Å². The molecule has 0 N–H and O–H groups in total. The minimum absolute atomic E-state index is 0.235. The zero-order valence-electron chi connectivity index (χ0n) is 18.4. The fourth-order valence-corrected chi connectivity index (χ4v) is 5.12. The third-order valence-electron chi connectivity index (χ3n) is 5.07. The Balaban J connectivity index is 1.65. The molecule has 0 fully saturated rings. The van der Waals surface area contributed by atoms with Crippen LogP contribution in [0, 0.1) is 6.92 Å². The maximum atomic E-state index is 12.5. The molecule has 0 atom stereocenters. The number of aromatic nitrogens is 6. The van der Waals surface area contributed by atoms with Crippen molar-refractivity contribution < 1.29 is 8.42 Å². The van der Waals surface area contributed by atoms with Crippen LogP contribution >= 0.6 is 11.8 Å². The maximum absolute atomic E-state index is 12.5. The van der Waals surface area contributed by atoms with Crippen LogP contribution in [-0.4, -0.2) is 56.6 Å². The minimum atomic E-state index is -3.52. The summed E-state index contributed by atoms with van der Waals surface area (Å²) in [6.45, 7) is 4.92. The van der Waals surface area contributed by atoms with Gasteiger partial charge in [-0.15, -0.1) is 5.10 Å². The molecule has 2 heterocycles. The Kier molecular flexibility index (Phi) is 6.31. The SMILES string of the molecule is CCCn1c(CSc2nnnn2-c2ccc(C)cc2)nc2cc(S(=O)(=O)N(C)C)ccc21. The molecule has 0 unspecified atom stereocenters. The predicted octanol–water partition coefficient (Wildman–Crippen LogP) is 3.27. The van der Waals surface area contributed by atoms with Crippen LogP contribution in [0.3, 0.4) is 0 Å². The molecule has 4 aromatic rings. The first kappa shape index (κ1) is 22.4. The largest absolute Gasteiger partial charge is 0.327 e. The fourth-order valence-electron chi connectivity index (χ4n) is 3.36. The van der Waals surface area contributed by atoms with E-state index < -0.39 is 10.0 Å². The molecule has 32 heavy (non-hydrogen) atoms. The summed E-state index contributed by atoms with van der Waals surface area (Å²) in [7, 11) is -0.476. The standard InChI is InChI=1S/C21H25N7O2S2/c1-5-12-27-19-11-10-17(32(29,30)26(3)4)13-18(19)22-20(27)14-31-21-23-24-25-28(21)16-8-6-15(2)7-9-16/h6-11,13H,5,12,14H2,1-4H3. The maximum Gasteiger partial charge on any atom is 0.242 e. The fraction of sp³-hybridized carbons (Fsp3) is 0.333. The van der Waals surface area contributed by atoms with E-state index in [0.29, 0.717) is 16.4 Å². The summed E-state index contributed by atoms with van der Waals surface area (Å²) in [6.07, 6.45) is 0.933. The lowest BCUT2D eigenvalue weighted by Crippen LogP contribution is -2.22. The Morgan fingerprint density at radius 3 is 2.53 bits per heavy atom. The van der Waals surface area contributed by atoms with Crippen LogP contribution in [0.1, 0.15) is 24.7 Å². The van der Waals surface area contributed by atoms with E-state index in [1.165, 1.54) is 35.7 Å². The Hall–Kier alpha value is -2.76. The highest BCUT2D eigenvalue weighted by molar-refractivity contribution is 7.98. The summed E-state index contributed by atoms with van der Waals surface area (Å²) in [5, 5.41) is 12.8. The quantitative estimate of drug-likeness (QED) is 0.364. The van der Waals surface area contributed by atoms with Gasteiger partial charge in [-0.2, -0.15) is 4.68 Å². The highest BCUT2D eigenvalue weighted by atomic mass is 32.2. The molecule has 0 aliphatic rings. The monoisotopic (exact) mass is 471 g/mol. The van der Waals surface area contributed by atoms with Gasteiger partial charge in [0, 0.05) is 20.6 Å². The number of tetrazole rings is 1. The molecule has 9 nitrogen and oxygen atoms in total. The molecule has 0 aliphatic carbocycles. The first-order valence-corrected chi connectivity index (χ1v) is 12.6. The number of fused-ring (bicyclic) bond motifs is 1. The molecule has 0 saturated carbocycles. The van der Waals surface area contributed by atoms with Crippen LogP contribution in [0.25, 0.3) is 16.7 Å². The zero-order valence-corrected chi connectivity index (χ0v) is 20.1. The average molecular weight is 472 g/mol. The van der Waals surface area contributed by atoms with Crippen molar-refractivity contribution in [2.24, 2.45) is 0 Å². The van der Waals surface area contributed by atoms with Crippen molar-refractivity contribution in [1.82, 2.24) is 34.1 Å². The number of imidazole rings is 1. The van der Waals surface area contributed by atoms with E-state index >= 15 is 0 Å². The molecule has 4 rings (SSSR count). The van der Waals surface area contributed by atoms with Crippen molar-refractivity contribution in [3.8, 4) is 5.69 Å². The van der Waals surface area contributed by atoms with E-state index in [0.717, 1.165) is 30.0 Å². The first-order chi connectivity index (χ1) is 15.3. The molecule has 0 amide bonds. The lowest BCUT2D eigenvalue weighted by molar-refractivity contribution is 0.521. The summed E-state index contributed by atoms with van der Waals surface area (Å²) < 4.78 is 30.1. The Bertz CT molecular complexity index is 1340. The van der Waals surface area contributed by atoms with Crippen LogP contribution < -0.4 is 0 Å². The molecule has 2 aromatic carbocycles. The van der Waals surface area contributed by atoms with Gasteiger partial charge in [0.1, 0.15) is 5.82 Å². The van der Waals surface area contributed by atoms with Crippen molar-refractivity contribution >= 4 is 32.8 Å². The van der Waals surface area contributed by atoms with Gasteiger partial charge in [0.2, 0.25) is 15.2 Å². The molecule has 2 aromatic heterocycles. The zero-order chi connectivity index (χ0) is 22.9. The molecule has 0 saturated heterocycles. The van der Waals surface area contributed by atoms with Crippen molar-refractivity contribution in [3.05, 3.63) is 53.9 Å². The van der Waals surface area contributed by atoms with E-state index in [2.05, 4.69) is 27.0 Å². The van der Waals surface area contributed by atoms with Crippen LogP contribution in [0.2, 0.25) is 0 Å². The number of benzene rings is 2. The van der Waals surface area contributed by atoms with Crippen molar-refractivity contribution in [2.45, 2.75) is 42.6 Å². The van der Waals surface area contributed by atoms with Gasteiger partial charge < -0.3 is 4.57 Å². The molecule has 0 radical (unpaired) electrons. The molecular weight excluding hydrogens is 446 g/mol. The molecule has 168 valence electrons. The van der Waals surface area contributed by atoms with Gasteiger partial charge >= 0.3 is 0 Å². The Morgan fingerprint density at radius 2 is 1.84 bits per heavy atom. The normalized spacial score (nSPS) is 12.2. The topological polar surface area (TPSA) is 98.8 Å². The summed E-state index contributed by atoms with van der Waals surface area (Å²) in [4.78, 5) is 4.99. The van der Waals surface area contributed by atoms with E-state index in [-0.39, 0.29) is 4.90 Å². The van der Waals surface area contributed by atoms with Crippen molar-refractivity contribution in [1.29, 1.82) is 0 Å². The lowest BCUT2D eigenvalue weighted by Gasteiger charge is -2.11. The molecule has 0 bridgehead atoms. The summed E-state index contributed by atoms with van der Waals surface area (Å²) in [5.74, 6) is 1.40. The Labute approximate surface area is 191 Å². The number of sulfonamides is 1. The highest BCUT2D eigenvalue weighted by Gasteiger charge is 2.20. The second-order valence-corrected chi connectivity index (χ2v) is 10.7. The number of hydrogen-bond acceptors (Lipinski definition) is 7. The first-order valence-electron chi connectivity index (χ1n) is 10.2. The predicted molar refractivity (Wildman–Crippen MR) is 124 cm³/mol. The Morgan fingerprint density at radius 1 is 1.09 bits per heavy atom. The van der Waals surface area contributed by atoms with Crippen LogP contribution in [-0.2, 0) is 22.3 Å². The third kappa shape index (κ3) is 4.27. The molecule has 0 aliphatic heterocycles. The summed E-state index contributed by atoms with van der Waals surface area (Å²) in [5.41, 5.74) is 3.64. The summed E-state index contributed by atoms with van der Waals surface area (Å²) in [6, 6.07) is 13.1.